The average Bonchev–Trinajstić information content (AvgIpc) is 2.68. The Balaban J connectivity index is 1.44. The summed E-state index contributed by atoms with van der Waals surface area (Å²) in [6, 6.07) is 0. The van der Waals surface area contributed by atoms with Crippen LogP contribution in [0.5, 0.6) is 0 Å². The number of hydrogen-bond donors (Lipinski definition) is 0. The molecule has 1 heterocycles. The van der Waals surface area contributed by atoms with Crippen molar-refractivity contribution in [1.29, 1.82) is 0 Å². The Kier molecular flexibility index (Phi) is 9.67. The van der Waals surface area contributed by atoms with E-state index in [0.29, 0.717) is 52.9 Å². The van der Waals surface area contributed by atoms with Gasteiger partial charge in [-0.15, -0.1) is 0 Å². The smallest absolute Gasteiger partial charge is 0.0837 e. The predicted octanol–water partition coefficient (Wildman–Crippen LogP) is 2.72. The molecule has 0 amide bonds. The first-order chi connectivity index (χ1) is 12.9. The predicted molar refractivity (Wildman–Crippen MR) is 97.5 cm³/mol. The number of rotatable bonds is 0. The van der Waals surface area contributed by atoms with E-state index >= 15 is 0 Å². The van der Waals surface area contributed by atoms with Crippen LogP contribution in [0.1, 0.15) is 51.4 Å². The Morgan fingerprint density at radius 3 is 0.885 bits per heavy atom. The van der Waals surface area contributed by atoms with Crippen LogP contribution in [0.15, 0.2) is 0 Å². The van der Waals surface area contributed by atoms with Gasteiger partial charge in [-0.3, -0.25) is 0 Å². The lowest BCUT2D eigenvalue weighted by Gasteiger charge is -2.32. The van der Waals surface area contributed by atoms with Crippen molar-refractivity contribution >= 4 is 0 Å². The summed E-state index contributed by atoms with van der Waals surface area (Å²) in [6.07, 6.45) is 9.93. The molecule has 4 atom stereocenters. The second kappa shape index (κ2) is 12.3. The molecule has 26 heavy (non-hydrogen) atoms. The van der Waals surface area contributed by atoms with Crippen LogP contribution in [0.4, 0.5) is 0 Å². The van der Waals surface area contributed by atoms with Crippen LogP contribution in [0.2, 0.25) is 0 Å². The second-order valence-electron chi connectivity index (χ2n) is 7.43. The van der Waals surface area contributed by atoms with Crippen molar-refractivity contribution in [2.24, 2.45) is 0 Å². The van der Waals surface area contributed by atoms with E-state index in [9.17, 15) is 0 Å². The lowest BCUT2D eigenvalue weighted by Crippen LogP contribution is -2.37. The lowest BCUT2D eigenvalue weighted by molar-refractivity contribution is -0.129. The van der Waals surface area contributed by atoms with Crippen LogP contribution >= 0.6 is 0 Å². The van der Waals surface area contributed by atoms with Crippen LogP contribution in [-0.4, -0.2) is 77.3 Å². The van der Waals surface area contributed by atoms with E-state index in [2.05, 4.69) is 0 Å². The van der Waals surface area contributed by atoms with Gasteiger partial charge < -0.3 is 28.4 Å². The molecule has 0 unspecified atom stereocenters. The maximum atomic E-state index is 6.03. The van der Waals surface area contributed by atoms with Gasteiger partial charge in [0.25, 0.3) is 0 Å². The van der Waals surface area contributed by atoms with Gasteiger partial charge in [0.05, 0.1) is 77.3 Å². The largest absolute Gasteiger partial charge is 0.377 e. The zero-order chi connectivity index (χ0) is 17.9. The molecule has 0 bridgehead atoms. The summed E-state index contributed by atoms with van der Waals surface area (Å²) in [5.74, 6) is 0. The van der Waals surface area contributed by atoms with E-state index in [4.69, 9.17) is 28.4 Å². The maximum absolute atomic E-state index is 6.03. The Hall–Kier alpha value is -0.240. The summed E-state index contributed by atoms with van der Waals surface area (Å²) in [5.41, 5.74) is 0. The third-order valence-electron chi connectivity index (χ3n) is 5.52. The zero-order valence-electron chi connectivity index (χ0n) is 16.1. The first-order valence-electron chi connectivity index (χ1n) is 10.6. The van der Waals surface area contributed by atoms with Crippen molar-refractivity contribution in [3.8, 4) is 0 Å². The molecule has 0 aromatic rings. The quantitative estimate of drug-likeness (QED) is 0.652. The summed E-state index contributed by atoms with van der Waals surface area (Å²) < 4.78 is 35.5. The van der Waals surface area contributed by atoms with Gasteiger partial charge in [0.2, 0.25) is 0 Å². The molecule has 3 aliphatic rings. The van der Waals surface area contributed by atoms with E-state index in [1.807, 2.05) is 0 Å². The summed E-state index contributed by atoms with van der Waals surface area (Å²) >= 11 is 0. The van der Waals surface area contributed by atoms with Gasteiger partial charge in [0, 0.05) is 0 Å². The molecule has 0 aromatic carbocycles. The molecule has 6 nitrogen and oxygen atoms in total. The third-order valence-corrected chi connectivity index (χ3v) is 5.52. The molecule has 0 spiro atoms. The van der Waals surface area contributed by atoms with Crippen LogP contribution in [-0.2, 0) is 28.4 Å². The highest BCUT2D eigenvalue weighted by molar-refractivity contribution is 4.77. The van der Waals surface area contributed by atoms with Gasteiger partial charge in [0.15, 0.2) is 0 Å². The van der Waals surface area contributed by atoms with Gasteiger partial charge >= 0.3 is 0 Å². The molecule has 3 rings (SSSR count). The minimum absolute atomic E-state index is 0.189. The summed E-state index contributed by atoms with van der Waals surface area (Å²) in [5, 5.41) is 0. The number of fused-ring (bicyclic) bond motifs is 2. The van der Waals surface area contributed by atoms with Crippen molar-refractivity contribution in [2.75, 3.05) is 52.9 Å². The van der Waals surface area contributed by atoms with Gasteiger partial charge in [-0.2, -0.15) is 0 Å². The van der Waals surface area contributed by atoms with Gasteiger partial charge in [0.1, 0.15) is 0 Å². The van der Waals surface area contributed by atoms with E-state index in [-0.39, 0.29) is 24.4 Å². The van der Waals surface area contributed by atoms with Crippen molar-refractivity contribution in [2.45, 2.75) is 75.8 Å². The fourth-order valence-electron chi connectivity index (χ4n) is 4.13. The highest BCUT2D eigenvalue weighted by Gasteiger charge is 2.27. The molecule has 6 heteroatoms. The van der Waals surface area contributed by atoms with E-state index in [1.54, 1.807) is 0 Å². The summed E-state index contributed by atoms with van der Waals surface area (Å²) in [7, 11) is 0. The highest BCUT2D eigenvalue weighted by Crippen LogP contribution is 2.25. The fourth-order valence-corrected chi connectivity index (χ4v) is 4.13. The normalized spacial score (nSPS) is 36.9. The lowest BCUT2D eigenvalue weighted by atomic mass is 9.94. The molecular formula is C20H36O6. The van der Waals surface area contributed by atoms with Gasteiger partial charge in [-0.1, -0.05) is 25.7 Å². The Labute approximate surface area is 157 Å². The zero-order valence-corrected chi connectivity index (χ0v) is 16.1. The van der Waals surface area contributed by atoms with Crippen molar-refractivity contribution in [3.63, 3.8) is 0 Å². The average molecular weight is 373 g/mol. The maximum Gasteiger partial charge on any atom is 0.0837 e. The Morgan fingerprint density at radius 1 is 0.346 bits per heavy atom. The molecule has 1 aliphatic heterocycles. The monoisotopic (exact) mass is 372 g/mol. The van der Waals surface area contributed by atoms with Gasteiger partial charge in [-0.05, 0) is 25.7 Å². The van der Waals surface area contributed by atoms with Crippen LogP contribution < -0.4 is 0 Å². The molecule has 3 fully saturated rings. The summed E-state index contributed by atoms with van der Waals surface area (Å²) in [4.78, 5) is 0. The van der Waals surface area contributed by atoms with E-state index < -0.39 is 0 Å². The molecule has 1 saturated heterocycles. The minimum Gasteiger partial charge on any atom is -0.377 e. The standard InChI is InChI=1S/C20H36O6/c1-2-6-18-17(5-1)23-13-9-21-11-15-25-19-7-3-4-8-20(19)26-16-12-22-10-14-24-18/h17-20H,1-16H2/t17-,18-,19+,20+. The molecule has 2 aliphatic carbocycles. The second-order valence-corrected chi connectivity index (χ2v) is 7.43. The molecule has 2 saturated carbocycles. The number of hydrogen-bond acceptors (Lipinski definition) is 6. The SMILES string of the molecule is C1CC[C@@H]2OCCOCCO[C@@H]3CCCC[C@H]3OCCOCCO[C@H]2C1. The van der Waals surface area contributed by atoms with E-state index in [1.165, 1.54) is 25.7 Å². The molecular weight excluding hydrogens is 336 g/mol. The molecule has 0 N–H and O–H groups in total. The first-order valence-corrected chi connectivity index (χ1v) is 10.6. The summed E-state index contributed by atoms with van der Waals surface area (Å²) in [6.45, 7) is 4.93. The fraction of sp³-hybridized carbons (Fsp3) is 1.00. The Bertz CT molecular complexity index is 300. The number of ether oxygens (including phenoxy) is 6. The minimum atomic E-state index is 0.189. The van der Waals surface area contributed by atoms with Crippen LogP contribution in [0.3, 0.4) is 0 Å². The Morgan fingerprint density at radius 2 is 0.615 bits per heavy atom. The van der Waals surface area contributed by atoms with E-state index in [0.717, 1.165) is 25.7 Å². The highest BCUT2D eigenvalue weighted by atomic mass is 16.6. The molecule has 0 aromatic heterocycles. The van der Waals surface area contributed by atoms with Crippen molar-refractivity contribution in [3.05, 3.63) is 0 Å². The van der Waals surface area contributed by atoms with Crippen LogP contribution in [0, 0.1) is 0 Å². The van der Waals surface area contributed by atoms with Crippen molar-refractivity contribution < 1.29 is 28.4 Å². The first kappa shape index (κ1) is 20.5. The molecule has 0 radical (unpaired) electrons. The topological polar surface area (TPSA) is 55.4 Å². The van der Waals surface area contributed by atoms with Gasteiger partial charge in [-0.25, -0.2) is 0 Å². The molecule has 152 valence electrons. The van der Waals surface area contributed by atoms with Crippen molar-refractivity contribution in [1.82, 2.24) is 0 Å². The third kappa shape index (κ3) is 7.06. The van der Waals surface area contributed by atoms with Crippen LogP contribution in [0.25, 0.3) is 0 Å².